The number of oxazole rings is 1. The summed E-state index contributed by atoms with van der Waals surface area (Å²) in [6.07, 6.45) is 0. The molecule has 27 heavy (non-hydrogen) atoms. The predicted octanol–water partition coefficient (Wildman–Crippen LogP) is 6.13. The molecule has 0 saturated heterocycles. The van der Waals surface area contributed by atoms with Crippen molar-refractivity contribution in [3.8, 4) is 0 Å². The second-order valence-corrected chi connectivity index (χ2v) is 6.61. The van der Waals surface area contributed by atoms with Crippen molar-refractivity contribution in [2.45, 2.75) is 0 Å². The van der Waals surface area contributed by atoms with Gasteiger partial charge in [0.05, 0.1) is 10.6 Å². The molecule has 2 N–H and O–H groups in total. The van der Waals surface area contributed by atoms with Crippen LogP contribution in [0.2, 0.25) is 10.0 Å². The van der Waals surface area contributed by atoms with E-state index in [1.807, 2.05) is 36.4 Å². The van der Waals surface area contributed by atoms with Gasteiger partial charge in [-0.1, -0.05) is 41.4 Å². The van der Waals surface area contributed by atoms with Crippen molar-refractivity contribution in [2.24, 2.45) is 0 Å². The number of rotatable bonds is 4. The van der Waals surface area contributed by atoms with Crippen LogP contribution in [-0.4, -0.2) is 10.9 Å². The van der Waals surface area contributed by atoms with Gasteiger partial charge in [0.1, 0.15) is 5.52 Å². The topological polar surface area (TPSA) is 67.2 Å². The van der Waals surface area contributed by atoms with Gasteiger partial charge >= 0.3 is 0 Å². The molecule has 0 unspecified atom stereocenters. The van der Waals surface area contributed by atoms with Gasteiger partial charge < -0.3 is 15.1 Å². The van der Waals surface area contributed by atoms with Crippen LogP contribution in [0.1, 0.15) is 10.4 Å². The molecule has 0 fully saturated rings. The van der Waals surface area contributed by atoms with Crippen LogP contribution in [0.5, 0.6) is 0 Å². The first-order chi connectivity index (χ1) is 13.1. The zero-order valence-corrected chi connectivity index (χ0v) is 15.4. The van der Waals surface area contributed by atoms with E-state index in [1.165, 1.54) is 6.07 Å². The molecule has 134 valence electrons. The Hall–Kier alpha value is -3.02. The summed E-state index contributed by atoms with van der Waals surface area (Å²) in [6, 6.07) is 19.8. The summed E-state index contributed by atoms with van der Waals surface area (Å²) in [5, 5.41) is 6.67. The Labute approximate surface area is 164 Å². The van der Waals surface area contributed by atoms with Gasteiger partial charge in [0.15, 0.2) is 5.58 Å². The number of hydrogen-bond donors (Lipinski definition) is 2. The highest BCUT2D eigenvalue weighted by atomic mass is 35.5. The minimum Gasteiger partial charge on any atom is -0.423 e. The highest BCUT2D eigenvalue weighted by molar-refractivity contribution is 6.37. The van der Waals surface area contributed by atoms with Gasteiger partial charge in [-0.25, -0.2) is 0 Å². The minimum absolute atomic E-state index is 0.292. The van der Waals surface area contributed by atoms with Crippen LogP contribution >= 0.6 is 23.2 Å². The third-order valence-electron chi connectivity index (χ3n) is 3.84. The SMILES string of the molecule is O=C(Nc1cccc(Nc2nc3ccccc3o2)c1)c1ccc(Cl)cc1Cl. The van der Waals surface area contributed by atoms with Gasteiger partial charge in [0.25, 0.3) is 11.9 Å². The Morgan fingerprint density at radius 2 is 1.74 bits per heavy atom. The van der Waals surface area contributed by atoms with Gasteiger partial charge in [0, 0.05) is 16.4 Å². The fraction of sp³-hybridized carbons (Fsp3) is 0. The van der Waals surface area contributed by atoms with Crippen LogP contribution in [0.4, 0.5) is 17.4 Å². The van der Waals surface area contributed by atoms with E-state index in [1.54, 1.807) is 24.3 Å². The number of carbonyl (C=O) groups is 1. The summed E-state index contributed by atoms with van der Waals surface area (Å²) in [4.78, 5) is 16.8. The van der Waals surface area contributed by atoms with E-state index in [-0.39, 0.29) is 5.91 Å². The Morgan fingerprint density at radius 3 is 2.56 bits per heavy atom. The number of para-hydroxylation sites is 2. The van der Waals surface area contributed by atoms with Crippen molar-refractivity contribution in [3.05, 3.63) is 82.3 Å². The van der Waals surface area contributed by atoms with E-state index in [0.717, 1.165) is 11.2 Å². The molecule has 0 aliphatic carbocycles. The first kappa shape index (κ1) is 17.4. The summed E-state index contributed by atoms with van der Waals surface area (Å²) in [6.45, 7) is 0. The number of carbonyl (C=O) groups excluding carboxylic acids is 1. The average molecular weight is 398 g/mol. The van der Waals surface area contributed by atoms with E-state index in [0.29, 0.717) is 32.9 Å². The summed E-state index contributed by atoms with van der Waals surface area (Å²) in [5.41, 5.74) is 3.13. The Kier molecular flexibility index (Phi) is 4.71. The van der Waals surface area contributed by atoms with Gasteiger partial charge in [-0.2, -0.15) is 4.98 Å². The average Bonchev–Trinajstić information content (AvgIpc) is 3.04. The minimum atomic E-state index is -0.323. The lowest BCUT2D eigenvalue weighted by atomic mass is 10.2. The molecule has 1 heterocycles. The zero-order valence-electron chi connectivity index (χ0n) is 13.9. The number of aromatic nitrogens is 1. The standard InChI is InChI=1S/C20H13Cl2N3O2/c21-12-8-9-15(16(22)10-12)19(26)23-13-4-3-5-14(11-13)24-20-25-17-6-1-2-7-18(17)27-20/h1-11H,(H,23,26)(H,24,25). The van der Waals surface area contributed by atoms with Gasteiger partial charge in [-0.15, -0.1) is 0 Å². The van der Waals surface area contributed by atoms with Crippen LogP contribution in [0.25, 0.3) is 11.1 Å². The van der Waals surface area contributed by atoms with E-state index >= 15 is 0 Å². The fourth-order valence-corrected chi connectivity index (χ4v) is 3.09. The zero-order chi connectivity index (χ0) is 18.8. The number of anilines is 3. The molecule has 4 aromatic rings. The van der Waals surface area contributed by atoms with Gasteiger partial charge in [-0.3, -0.25) is 4.79 Å². The molecule has 0 radical (unpaired) electrons. The highest BCUT2D eigenvalue weighted by Crippen LogP contribution is 2.25. The fourth-order valence-electron chi connectivity index (χ4n) is 2.60. The molecule has 0 atom stereocenters. The molecule has 0 aliphatic rings. The van der Waals surface area contributed by atoms with Crippen molar-refractivity contribution < 1.29 is 9.21 Å². The number of benzene rings is 3. The Bertz CT molecular complexity index is 1110. The number of halogens is 2. The van der Waals surface area contributed by atoms with Crippen molar-refractivity contribution in [1.29, 1.82) is 0 Å². The van der Waals surface area contributed by atoms with Crippen LogP contribution in [0.15, 0.2) is 71.1 Å². The monoisotopic (exact) mass is 397 g/mol. The molecule has 5 nitrogen and oxygen atoms in total. The largest absolute Gasteiger partial charge is 0.423 e. The van der Waals surface area contributed by atoms with Crippen LogP contribution in [0, 0.1) is 0 Å². The Morgan fingerprint density at radius 1 is 0.926 bits per heavy atom. The number of fused-ring (bicyclic) bond motifs is 1. The molecule has 0 bridgehead atoms. The molecule has 7 heteroatoms. The van der Waals surface area contributed by atoms with E-state index < -0.39 is 0 Å². The summed E-state index contributed by atoms with van der Waals surface area (Å²) >= 11 is 12.0. The first-order valence-electron chi connectivity index (χ1n) is 8.07. The van der Waals surface area contributed by atoms with Gasteiger partial charge in [0.2, 0.25) is 0 Å². The maximum atomic E-state index is 12.4. The third kappa shape index (κ3) is 3.89. The molecular weight excluding hydrogens is 385 g/mol. The second-order valence-electron chi connectivity index (χ2n) is 5.77. The molecule has 0 aliphatic heterocycles. The maximum Gasteiger partial charge on any atom is 0.300 e. The van der Waals surface area contributed by atoms with Gasteiger partial charge in [-0.05, 0) is 48.5 Å². The third-order valence-corrected chi connectivity index (χ3v) is 4.39. The molecule has 3 aromatic carbocycles. The summed E-state index contributed by atoms with van der Waals surface area (Å²) < 4.78 is 5.65. The normalized spacial score (nSPS) is 10.7. The first-order valence-corrected chi connectivity index (χ1v) is 8.83. The molecule has 0 spiro atoms. The smallest absolute Gasteiger partial charge is 0.300 e. The van der Waals surface area contributed by atoms with Crippen molar-refractivity contribution >= 4 is 57.6 Å². The Balaban J connectivity index is 1.52. The molecule has 1 amide bonds. The number of nitrogens with zero attached hydrogens (tertiary/aromatic N) is 1. The van der Waals surface area contributed by atoms with Crippen molar-refractivity contribution in [3.63, 3.8) is 0 Å². The van der Waals surface area contributed by atoms with E-state index in [4.69, 9.17) is 27.6 Å². The molecule has 0 saturated carbocycles. The number of amides is 1. The number of nitrogens with one attached hydrogen (secondary N) is 2. The van der Waals surface area contributed by atoms with Crippen LogP contribution in [-0.2, 0) is 0 Å². The van der Waals surface area contributed by atoms with E-state index in [9.17, 15) is 4.79 Å². The van der Waals surface area contributed by atoms with Crippen LogP contribution < -0.4 is 10.6 Å². The molecule has 4 rings (SSSR count). The van der Waals surface area contributed by atoms with Crippen molar-refractivity contribution in [1.82, 2.24) is 4.98 Å². The second kappa shape index (κ2) is 7.31. The lowest BCUT2D eigenvalue weighted by molar-refractivity contribution is 0.102. The lowest BCUT2D eigenvalue weighted by Gasteiger charge is -2.09. The summed E-state index contributed by atoms with van der Waals surface area (Å²) in [7, 11) is 0. The summed E-state index contributed by atoms with van der Waals surface area (Å²) in [5.74, 6) is -0.323. The van der Waals surface area contributed by atoms with E-state index in [2.05, 4.69) is 15.6 Å². The van der Waals surface area contributed by atoms with Crippen molar-refractivity contribution in [2.75, 3.05) is 10.6 Å². The molecule has 1 aromatic heterocycles. The highest BCUT2D eigenvalue weighted by Gasteiger charge is 2.12. The van der Waals surface area contributed by atoms with Crippen LogP contribution in [0.3, 0.4) is 0 Å². The molecular formula is C20H13Cl2N3O2. The number of hydrogen-bond acceptors (Lipinski definition) is 4. The lowest BCUT2D eigenvalue weighted by Crippen LogP contribution is -2.12. The maximum absolute atomic E-state index is 12.4. The predicted molar refractivity (Wildman–Crippen MR) is 108 cm³/mol. The quantitative estimate of drug-likeness (QED) is 0.434.